The summed E-state index contributed by atoms with van der Waals surface area (Å²) in [5.41, 5.74) is 0.0246. The second-order valence-electron chi connectivity index (χ2n) is 4.60. The van der Waals surface area contributed by atoms with Gasteiger partial charge in [-0.3, -0.25) is 9.59 Å². The van der Waals surface area contributed by atoms with Gasteiger partial charge in [0.05, 0.1) is 14.2 Å². The maximum Gasteiger partial charge on any atom is 0.320 e. The molecule has 0 N–H and O–H groups in total. The zero-order valence-electron chi connectivity index (χ0n) is 10.6. The van der Waals surface area contributed by atoms with Crippen LogP contribution in [0.3, 0.4) is 0 Å². The van der Waals surface area contributed by atoms with E-state index in [9.17, 15) is 9.59 Å². The van der Waals surface area contributed by atoms with Gasteiger partial charge in [0.2, 0.25) is 0 Å². The highest BCUT2D eigenvalue weighted by Gasteiger charge is 2.27. The average Bonchev–Trinajstić information content (AvgIpc) is 2.21. The molecule has 92 valence electrons. The van der Waals surface area contributed by atoms with Gasteiger partial charge in [-0.25, -0.2) is 0 Å². The van der Waals surface area contributed by atoms with Gasteiger partial charge in [-0.1, -0.05) is 32.9 Å². The molecular weight excluding hydrogens is 208 g/mol. The molecule has 0 aromatic heterocycles. The largest absolute Gasteiger partial charge is 0.468 e. The van der Waals surface area contributed by atoms with E-state index in [2.05, 4.69) is 9.47 Å². The summed E-state index contributed by atoms with van der Waals surface area (Å²) in [6.07, 6.45) is 4.06. The quantitative estimate of drug-likeness (QED) is 0.419. The van der Waals surface area contributed by atoms with E-state index in [1.807, 2.05) is 26.8 Å². The molecular formula is C12H20O4. The lowest BCUT2D eigenvalue weighted by atomic mass is 9.94. The topological polar surface area (TPSA) is 52.6 Å². The molecule has 0 amide bonds. The van der Waals surface area contributed by atoms with Gasteiger partial charge in [0.1, 0.15) is 0 Å². The third kappa shape index (κ3) is 5.53. The number of hydrogen-bond acceptors (Lipinski definition) is 4. The number of carbonyl (C=O) groups is 2. The van der Waals surface area contributed by atoms with Gasteiger partial charge >= 0.3 is 11.9 Å². The summed E-state index contributed by atoms with van der Waals surface area (Å²) in [7, 11) is 2.51. The minimum atomic E-state index is -0.867. The molecule has 0 aromatic carbocycles. The van der Waals surface area contributed by atoms with Crippen LogP contribution >= 0.6 is 0 Å². The molecule has 0 rings (SSSR count). The van der Waals surface area contributed by atoms with E-state index in [0.717, 1.165) is 0 Å². The van der Waals surface area contributed by atoms with Gasteiger partial charge in [0.25, 0.3) is 0 Å². The van der Waals surface area contributed by atoms with E-state index in [1.54, 1.807) is 6.08 Å². The standard InChI is InChI=1S/C12H20O4/c1-12(2,3)8-6-7-9(10(13)15-4)11(14)16-5/h6,8-9H,7H2,1-5H3/b8-6+. The van der Waals surface area contributed by atoms with Crippen LogP contribution in [0.5, 0.6) is 0 Å². The van der Waals surface area contributed by atoms with E-state index in [0.29, 0.717) is 6.42 Å². The molecule has 0 radical (unpaired) electrons. The van der Waals surface area contributed by atoms with Crippen LogP contribution in [0, 0.1) is 11.3 Å². The van der Waals surface area contributed by atoms with Crippen LogP contribution in [-0.4, -0.2) is 26.2 Å². The third-order valence-electron chi connectivity index (χ3n) is 1.96. The average molecular weight is 228 g/mol. The van der Waals surface area contributed by atoms with Crippen molar-refractivity contribution in [2.75, 3.05) is 14.2 Å². The molecule has 0 heterocycles. The van der Waals surface area contributed by atoms with Gasteiger partial charge in [0.15, 0.2) is 5.92 Å². The number of rotatable bonds is 4. The lowest BCUT2D eigenvalue weighted by Gasteiger charge is -2.13. The Labute approximate surface area is 96.6 Å². The van der Waals surface area contributed by atoms with E-state index in [-0.39, 0.29) is 5.41 Å². The third-order valence-corrected chi connectivity index (χ3v) is 1.96. The number of ether oxygens (including phenoxy) is 2. The van der Waals surface area contributed by atoms with Crippen molar-refractivity contribution in [1.82, 2.24) is 0 Å². The van der Waals surface area contributed by atoms with Crippen molar-refractivity contribution >= 4 is 11.9 Å². The number of hydrogen-bond donors (Lipinski definition) is 0. The zero-order valence-corrected chi connectivity index (χ0v) is 10.6. The Morgan fingerprint density at radius 3 is 1.88 bits per heavy atom. The van der Waals surface area contributed by atoms with Crippen molar-refractivity contribution in [1.29, 1.82) is 0 Å². The van der Waals surface area contributed by atoms with Crippen LogP contribution in [0.4, 0.5) is 0 Å². The number of allylic oxidation sites excluding steroid dienone is 2. The molecule has 0 aliphatic heterocycles. The first kappa shape index (κ1) is 14.7. The van der Waals surface area contributed by atoms with Gasteiger partial charge in [-0.05, 0) is 11.8 Å². The summed E-state index contributed by atoms with van der Waals surface area (Å²) >= 11 is 0. The molecule has 0 atom stereocenters. The molecule has 0 bridgehead atoms. The van der Waals surface area contributed by atoms with Crippen molar-refractivity contribution in [2.24, 2.45) is 11.3 Å². The van der Waals surface area contributed by atoms with Gasteiger partial charge in [-0.2, -0.15) is 0 Å². The smallest absolute Gasteiger partial charge is 0.320 e. The molecule has 4 nitrogen and oxygen atoms in total. The van der Waals surface area contributed by atoms with Crippen LogP contribution in [0.25, 0.3) is 0 Å². The Hall–Kier alpha value is -1.32. The molecule has 0 fully saturated rings. The molecule has 0 unspecified atom stereocenters. The molecule has 4 heteroatoms. The van der Waals surface area contributed by atoms with E-state index in [4.69, 9.17) is 0 Å². The number of carbonyl (C=O) groups excluding carboxylic acids is 2. The molecule has 0 saturated heterocycles. The Morgan fingerprint density at radius 1 is 1.12 bits per heavy atom. The predicted molar refractivity (Wildman–Crippen MR) is 60.7 cm³/mol. The Kier molecular flexibility index (Phi) is 5.78. The number of methoxy groups -OCH3 is 2. The van der Waals surface area contributed by atoms with Crippen LogP contribution in [0.2, 0.25) is 0 Å². The van der Waals surface area contributed by atoms with Crippen molar-refractivity contribution in [2.45, 2.75) is 27.2 Å². The SMILES string of the molecule is COC(=O)C(C/C=C/C(C)(C)C)C(=O)OC. The summed E-state index contributed by atoms with van der Waals surface area (Å²) in [6, 6.07) is 0. The first-order valence-corrected chi connectivity index (χ1v) is 5.15. The Bertz CT molecular complexity index is 257. The predicted octanol–water partition coefficient (Wildman–Crippen LogP) is 1.94. The zero-order chi connectivity index (χ0) is 12.8. The summed E-state index contributed by atoms with van der Waals surface area (Å²) in [6.45, 7) is 6.11. The first-order valence-electron chi connectivity index (χ1n) is 5.15. The van der Waals surface area contributed by atoms with Crippen LogP contribution in [-0.2, 0) is 19.1 Å². The highest BCUT2D eigenvalue weighted by Crippen LogP contribution is 2.17. The lowest BCUT2D eigenvalue weighted by molar-refractivity contribution is -0.158. The summed E-state index contributed by atoms with van der Waals surface area (Å²) in [4.78, 5) is 22.6. The van der Waals surface area contributed by atoms with Gasteiger partial charge < -0.3 is 9.47 Å². The molecule has 16 heavy (non-hydrogen) atoms. The van der Waals surface area contributed by atoms with Crippen molar-refractivity contribution in [3.8, 4) is 0 Å². The highest BCUT2D eigenvalue weighted by molar-refractivity contribution is 5.94. The number of esters is 2. The van der Waals surface area contributed by atoms with Crippen molar-refractivity contribution in [3.63, 3.8) is 0 Å². The fourth-order valence-electron chi connectivity index (χ4n) is 1.13. The van der Waals surface area contributed by atoms with E-state index >= 15 is 0 Å². The minimum Gasteiger partial charge on any atom is -0.468 e. The molecule has 0 saturated carbocycles. The highest BCUT2D eigenvalue weighted by atomic mass is 16.5. The normalized spacial score (nSPS) is 11.9. The summed E-state index contributed by atoms with van der Waals surface area (Å²) in [5.74, 6) is -2.00. The Morgan fingerprint density at radius 2 is 1.56 bits per heavy atom. The van der Waals surface area contributed by atoms with Crippen molar-refractivity contribution < 1.29 is 19.1 Å². The molecule has 0 aromatic rings. The summed E-state index contributed by atoms with van der Waals surface area (Å²) in [5, 5.41) is 0. The fraction of sp³-hybridized carbons (Fsp3) is 0.667. The maximum absolute atomic E-state index is 11.3. The van der Waals surface area contributed by atoms with E-state index < -0.39 is 17.9 Å². The minimum absolute atomic E-state index is 0.0246. The second kappa shape index (κ2) is 6.30. The second-order valence-corrected chi connectivity index (χ2v) is 4.60. The maximum atomic E-state index is 11.3. The van der Waals surface area contributed by atoms with Gasteiger partial charge in [-0.15, -0.1) is 0 Å². The van der Waals surface area contributed by atoms with Gasteiger partial charge in [0, 0.05) is 0 Å². The van der Waals surface area contributed by atoms with Crippen LogP contribution in [0.15, 0.2) is 12.2 Å². The van der Waals surface area contributed by atoms with Crippen LogP contribution in [0.1, 0.15) is 27.2 Å². The summed E-state index contributed by atoms with van der Waals surface area (Å²) < 4.78 is 9.09. The molecule has 0 aliphatic carbocycles. The lowest BCUT2D eigenvalue weighted by Crippen LogP contribution is -2.26. The molecule has 0 spiro atoms. The monoisotopic (exact) mass is 228 g/mol. The first-order chi connectivity index (χ1) is 7.31. The van der Waals surface area contributed by atoms with E-state index in [1.165, 1.54) is 14.2 Å². The van der Waals surface area contributed by atoms with Crippen molar-refractivity contribution in [3.05, 3.63) is 12.2 Å². The fourth-order valence-corrected chi connectivity index (χ4v) is 1.13. The Balaban J connectivity index is 4.51. The van der Waals surface area contributed by atoms with Crippen LogP contribution < -0.4 is 0 Å². The molecule has 0 aliphatic rings.